The molecule has 0 fully saturated rings. The van der Waals surface area contributed by atoms with E-state index in [1.165, 1.54) is 0 Å². The number of halogens is 1. The van der Waals surface area contributed by atoms with Gasteiger partial charge < -0.3 is 9.62 Å². The van der Waals surface area contributed by atoms with E-state index in [1.54, 1.807) is 12.1 Å². The number of fused-ring (bicyclic) bond motifs is 1. The summed E-state index contributed by atoms with van der Waals surface area (Å²) in [6, 6.07) is 7.19. The summed E-state index contributed by atoms with van der Waals surface area (Å²) in [5.74, 6) is 0.116. The van der Waals surface area contributed by atoms with E-state index in [2.05, 4.69) is 10.1 Å². The molecule has 13 heavy (non-hydrogen) atoms. The lowest BCUT2D eigenvalue weighted by atomic mass is 10.3. The summed E-state index contributed by atoms with van der Waals surface area (Å²) in [4.78, 5) is 3.99. The number of hydrogen-bond donors (Lipinski definition) is 1. The lowest BCUT2D eigenvalue weighted by Crippen LogP contribution is -1.89. The van der Waals surface area contributed by atoms with E-state index in [9.17, 15) is 0 Å². The highest BCUT2D eigenvalue weighted by Gasteiger charge is 2.09. The normalized spacial score (nSPS) is 12.2. The Morgan fingerprint density at radius 3 is 2.92 bits per heavy atom. The van der Waals surface area contributed by atoms with Crippen LogP contribution in [0.5, 0.6) is 0 Å². The van der Waals surface area contributed by atoms with Crippen LogP contribution in [0.1, 0.15) is 5.89 Å². The van der Waals surface area contributed by atoms with E-state index in [4.69, 9.17) is 21.2 Å². The quantitative estimate of drug-likeness (QED) is 0.432. The van der Waals surface area contributed by atoms with Crippen molar-refractivity contribution >= 4 is 27.9 Å². The monoisotopic (exact) mass is 196 g/mol. The van der Waals surface area contributed by atoms with Crippen LogP contribution in [0.3, 0.4) is 0 Å². The zero-order chi connectivity index (χ0) is 9.26. The molecular formula is C8H5ClN2O2. The van der Waals surface area contributed by atoms with Gasteiger partial charge in [0.1, 0.15) is 5.52 Å². The maximum absolute atomic E-state index is 8.37. The van der Waals surface area contributed by atoms with Gasteiger partial charge in [0.25, 0.3) is 5.89 Å². The van der Waals surface area contributed by atoms with Gasteiger partial charge in [-0.25, -0.2) is 4.98 Å². The van der Waals surface area contributed by atoms with E-state index in [1.807, 2.05) is 12.1 Å². The van der Waals surface area contributed by atoms with Crippen LogP contribution in [0.15, 0.2) is 33.8 Å². The summed E-state index contributed by atoms with van der Waals surface area (Å²) < 4.78 is 5.19. The molecule has 0 saturated carbocycles. The molecule has 0 spiro atoms. The van der Waals surface area contributed by atoms with Gasteiger partial charge in [-0.2, -0.15) is 0 Å². The van der Waals surface area contributed by atoms with Crippen LogP contribution in [0.2, 0.25) is 0 Å². The predicted octanol–water partition coefficient (Wildman–Crippen LogP) is 2.20. The number of benzene rings is 1. The third-order valence-electron chi connectivity index (χ3n) is 1.56. The zero-order valence-corrected chi connectivity index (χ0v) is 7.19. The Labute approximate surface area is 78.4 Å². The van der Waals surface area contributed by atoms with E-state index in [-0.39, 0.29) is 11.1 Å². The minimum absolute atomic E-state index is 0.116. The highest BCUT2D eigenvalue weighted by Crippen LogP contribution is 2.15. The van der Waals surface area contributed by atoms with Crippen molar-refractivity contribution < 1.29 is 9.62 Å². The van der Waals surface area contributed by atoms with Crippen LogP contribution in [-0.2, 0) is 0 Å². The van der Waals surface area contributed by atoms with Gasteiger partial charge in [-0.3, -0.25) is 0 Å². The van der Waals surface area contributed by atoms with Crippen molar-refractivity contribution in [3.05, 3.63) is 30.2 Å². The van der Waals surface area contributed by atoms with Crippen molar-refractivity contribution in [3.8, 4) is 0 Å². The Morgan fingerprint density at radius 2 is 2.23 bits per heavy atom. The first-order valence-corrected chi connectivity index (χ1v) is 3.92. The average Bonchev–Trinajstić information content (AvgIpc) is 2.59. The van der Waals surface area contributed by atoms with Gasteiger partial charge in [-0.05, 0) is 12.1 Å². The van der Waals surface area contributed by atoms with Gasteiger partial charge in [0.2, 0.25) is 5.17 Å². The fourth-order valence-electron chi connectivity index (χ4n) is 1.00. The van der Waals surface area contributed by atoms with E-state index in [0.29, 0.717) is 11.1 Å². The van der Waals surface area contributed by atoms with Gasteiger partial charge in [0.05, 0.1) is 0 Å². The van der Waals surface area contributed by atoms with Crippen molar-refractivity contribution in [2.45, 2.75) is 0 Å². The molecule has 4 nitrogen and oxygen atoms in total. The molecule has 66 valence electrons. The molecule has 0 saturated heterocycles. The van der Waals surface area contributed by atoms with Gasteiger partial charge in [0, 0.05) is 0 Å². The smallest absolute Gasteiger partial charge is 0.261 e. The second kappa shape index (κ2) is 3.06. The molecule has 1 heterocycles. The summed E-state index contributed by atoms with van der Waals surface area (Å²) in [6.45, 7) is 0. The highest BCUT2D eigenvalue weighted by molar-refractivity contribution is 6.68. The fourth-order valence-corrected chi connectivity index (χ4v) is 1.08. The minimum Gasteiger partial charge on any atom is -0.434 e. The Hall–Kier alpha value is -1.55. The first kappa shape index (κ1) is 8.07. The number of oxime groups is 1. The maximum atomic E-state index is 8.37. The zero-order valence-electron chi connectivity index (χ0n) is 6.44. The Bertz CT molecular complexity index is 431. The van der Waals surface area contributed by atoms with Crippen LogP contribution < -0.4 is 0 Å². The van der Waals surface area contributed by atoms with Crippen LogP contribution in [0.4, 0.5) is 0 Å². The number of hydrogen-bond acceptors (Lipinski definition) is 4. The molecule has 0 amide bonds. The molecule has 0 aliphatic rings. The molecule has 2 aromatic rings. The first-order chi connectivity index (χ1) is 6.31. The SMILES string of the molecule is ON=C(Cl)c1nc2ccccc2o1. The number of para-hydroxylation sites is 2. The molecule has 2 rings (SSSR count). The average molecular weight is 197 g/mol. The predicted molar refractivity (Wildman–Crippen MR) is 48.2 cm³/mol. The van der Waals surface area contributed by atoms with Crippen LogP contribution in [0, 0.1) is 0 Å². The lowest BCUT2D eigenvalue weighted by Gasteiger charge is -1.83. The summed E-state index contributed by atoms with van der Waals surface area (Å²) >= 11 is 5.51. The summed E-state index contributed by atoms with van der Waals surface area (Å²) in [6.07, 6.45) is 0. The summed E-state index contributed by atoms with van der Waals surface area (Å²) in [7, 11) is 0. The van der Waals surface area contributed by atoms with Gasteiger partial charge >= 0.3 is 0 Å². The van der Waals surface area contributed by atoms with E-state index in [0.717, 1.165) is 0 Å². The largest absolute Gasteiger partial charge is 0.434 e. The first-order valence-electron chi connectivity index (χ1n) is 3.55. The van der Waals surface area contributed by atoms with E-state index < -0.39 is 0 Å². The van der Waals surface area contributed by atoms with Crippen molar-refractivity contribution in [1.82, 2.24) is 4.98 Å². The number of oxazole rings is 1. The minimum atomic E-state index is -0.156. The number of nitrogens with zero attached hydrogens (tertiary/aromatic N) is 2. The second-order valence-corrected chi connectivity index (χ2v) is 2.74. The van der Waals surface area contributed by atoms with Crippen molar-refractivity contribution in [1.29, 1.82) is 0 Å². The highest BCUT2D eigenvalue weighted by atomic mass is 35.5. The topological polar surface area (TPSA) is 58.6 Å². The molecular weight excluding hydrogens is 192 g/mol. The standard InChI is InChI=1S/C8H5ClN2O2/c9-7(11-12)8-10-5-3-1-2-4-6(5)13-8/h1-4,12H. The molecule has 0 aliphatic heterocycles. The molecule has 0 atom stereocenters. The third-order valence-corrected chi connectivity index (χ3v) is 1.80. The van der Waals surface area contributed by atoms with Crippen molar-refractivity contribution in [2.75, 3.05) is 0 Å². The summed E-state index contributed by atoms with van der Waals surface area (Å²) in [5.41, 5.74) is 1.29. The van der Waals surface area contributed by atoms with Crippen LogP contribution >= 0.6 is 11.6 Å². The summed E-state index contributed by atoms with van der Waals surface area (Å²) in [5, 5.41) is 11.0. The molecule has 0 bridgehead atoms. The molecule has 1 aromatic carbocycles. The Kier molecular flexibility index (Phi) is 1.90. The Morgan fingerprint density at radius 1 is 1.46 bits per heavy atom. The van der Waals surface area contributed by atoms with Crippen molar-refractivity contribution in [2.24, 2.45) is 5.16 Å². The fraction of sp³-hybridized carbons (Fsp3) is 0. The third kappa shape index (κ3) is 1.36. The number of rotatable bonds is 1. The molecule has 1 aromatic heterocycles. The number of aromatic nitrogens is 1. The molecule has 0 unspecified atom stereocenters. The van der Waals surface area contributed by atoms with Crippen LogP contribution in [0.25, 0.3) is 11.1 Å². The Balaban J connectivity index is 2.62. The van der Waals surface area contributed by atoms with Gasteiger partial charge in [0.15, 0.2) is 5.58 Å². The van der Waals surface area contributed by atoms with Crippen LogP contribution in [-0.4, -0.2) is 15.4 Å². The lowest BCUT2D eigenvalue weighted by molar-refractivity contribution is 0.319. The van der Waals surface area contributed by atoms with Crippen molar-refractivity contribution in [3.63, 3.8) is 0 Å². The molecule has 5 heteroatoms. The van der Waals surface area contributed by atoms with Gasteiger partial charge in [-0.1, -0.05) is 28.9 Å². The van der Waals surface area contributed by atoms with Gasteiger partial charge in [-0.15, -0.1) is 0 Å². The molecule has 1 N–H and O–H groups in total. The molecule has 0 radical (unpaired) electrons. The maximum Gasteiger partial charge on any atom is 0.261 e. The second-order valence-electron chi connectivity index (χ2n) is 2.38. The van der Waals surface area contributed by atoms with E-state index >= 15 is 0 Å². The molecule has 0 aliphatic carbocycles.